The highest BCUT2D eigenvalue weighted by atomic mass is 16.5. The Morgan fingerprint density at radius 1 is 1.30 bits per heavy atom. The Morgan fingerprint density at radius 2 is 1.95 bits per heavy atom. The van der Waals surface area contributed by atoms with Gasteiger partial charge in [0.25, 0.3) is 5.91 Å². The molecule has 1 aliphatic heterocycles. The van der Waals surface area contributed by atoms with Crippen LogP contribution in [-0.4, -0.2) is 47.7 Å². The molecule has 1 amide bonds. The topological polar surface area (TPSA) is 66.8 Å². The summed E-state index contributed by atoms with van der Waals surface area (Å²) >= 11 is 0. The van der Waals surface area contributed by atoms with Gasteiger partial charge in [-0.05, 0) is 44.0 Å². The van der Waals surface area contributed by atoms with Crippen LogP contribution >= 0.6 is 0 Å². The predicted octanol–water partition coefficient (Wildman–Crippen LogP) is 2.03. The minimum Gasteiger partial charge on any atom is -0.478 e. The first-order chi connectivity index (χ1) is 9.61. The lowest BCUT2D eigenvalue weighted by molar-refractivity contribution is 0.00724. The van der Waals surface area contributed by atoms with Gasteiger partial charge < -0.3 is 14.7 Å². The maximum atomic E-state index is 12.4. The Balaban J connectivity index is 2.04. The Labute approximate surface area is 118 Å². The summed E-state index contributed by atoms with van der Waals surface area (Å²) in [6, 6.07) is 6.05. The summed E-state index contributed by atoms with van der Waals surface area (Å²) < 4.78 is 5.58. The maximum absolute atomic E-state index is 12.4. The number of rotatable bonds is 4. The van der Waals surface area contributed by atoms with E-state index in [2.05, 4.69) is 0 Å². The number of carbonyl (C=O) groups excluding carboxylic acids is 1. The number of amides is 1. The minimum atomic E-state index is -0.988. The third-order valence-electron chi connectivity index (χ3n) is 3.45. The molecule has 5 heteroatoms. The molecule has 108 valence electrons. The third-order valence-corrected chi connectivity index (χ3v) is 3.45. The summed E-state index contributed by atoms with van der Waals surface area (Å²) in [5, 5.41) is 8.84. The summed E-state index contributed by atoms with van der Waals surface area (Å²) in [5.74, 6) is -1.05. The van der Waals surface area contributed by atoms with Gasteiger partial charge in [-0.15, -0.1) is 0 Å². The zero-order chi connectivity index (χ0) is 14.5. The van der Waals surface area contributed by atoms with Crippen LogP contribution in [0.25, 0.3) is 0 Å². The van der Waals surface area contributed by atoms with Crippen LogP contribution in [0.15, 0.2) is 24.3 Å². The van der Waals surface area contributed by atoms with E-state index in [1.165, 1.54) is 12.1 Å². The number of likely N-dealkylation sites (tertiary alicyclic amines) is 1. The Bertz CT molecular complexity index is 481. The fourth-order valence-corrected chi connectivity index (χ4v) is 2.43. The monoisotopic (exact) mass is 277 g/mol. The summed E-state index contributed by atoms with van der Waals surface area (Å²) in [6.07, 6.45) is 2.02. The highest BCUT2D eigenvalue weighted by Gasteiger charge is 2.24. The first-order valence-electron chi connectivity index (χ1n) is 6.86. The van der Waals surface area contributed by atoms with E-state index >= 15 is 0 Å². The van der Waals surface area contributed by atoms with E-state index in [1.54, 1.807) is 17.0 Å². The number of hydrogen-bond acceptors (Lipinski definition) is 3. The van der Waals surface area contributed by atoms with E-state index in [4.69, 9.17) is 9.84 Å². The lowest BCUT2D eigenvalue weighted by Gasteiger charge is -2.32. The zero-order valence-corrected chi connectivity index (χ0v) is 11.5. The molecule has 0 saturated carbocycles. The number of ether oxygens (including phenoxy) is 1. The fraction of sp³-hybridized carbons (Fsp3) is 0.467. The lowest BCUT2D eigenvalue weighted by atomic mass is 10.1. The van der Waals surface area contributed by atoms with Crippen molar-refractivity contribution in [3.63, 3.8) is 0 Å². The maximum Gasteiger partial charge on any atom is 0.335 e. The standard InChI is InChI=1S/C15H19NO4/c1-2-20-13-4-3-9-16(10-13)14(17)11-5-7-12(8-6-11)15(18)19/h5-8,13H,2-4,9-10H2,1H3,(H,18,19)/t13-/m1/s1. The van der Waals surface area contributed by atoms with Crippen LogP contribution in [0.1, 0.15) is 40.5 Å². The fourth-order valence-electron chi connectivity index (χ4n) is 2.43. The van der Waals surface area contributed by atoms with Gasteiger partial charge in [0.05, 0.1) is 11.7 Å². The molecule has 0 bridgehead atoms. The van der Waals surface area contributed by atoms with Crippen molar-refractivity contribution in [2.75, 3.05) is 19.7 Å². The minimum absolute atomic E-state index is 0.0636. The van der Waals surface area contributed by atoms with Crippen molar-refractivity contribution < 1.29 is 19.4 Å². The molecule has 1 atom stereocenters. The van der Waals surface area contributed by atoms with Crippen molar-refractivity contribution in [2.45, 2.75) is 25.9 Å². The molecule has 1 N–H and O–H groups in total. The quantitative estimate of drug-likeness (QED) is 0.914. The van der Waals surface area contributed by atoms with Gasteiger partial charge in [-0.3, -0.25) is 4.79 Å². The van der Waals surface area contributed by atoms with Gasteiger partial charge in [-0.25, -0.2) is 4.79 Å². The first kappa shape index (κ1) is 14.5. The van der Waals surface area contributed by atoms with Crippen LogP contribution in [0.2, 0.25) is 0 Å². The molecular formula is C15H19NO4. The van der Waals surface area contributed by atoms with Crippen molar-refractivity contribution in [1.29, 1.82) is 0 Å². The Hall–Kier alpha value is -1.88. The van der Waals surface area contributed by atoms with Gasteiger partial charge in [0, 0.05) is 25.3 Å². The van der Waals surface area contributed by atoms with Crippen LogP contribution in [0.4, 0.5) is 0 Å². The molecule has 0 spiro atoms. The smallest absolute Gasteiger partial charge is 0.335 e. The van der Waals surface area contributed by atoms with Crippen molar-refractivity contribution in [1.82, 2.24) is 4.90 Å². The second-order valence-electron chi connectivity index (χ2n) is 4.85. The predicted molar refractivity (Wildman–Crippen MR) is 74.0 cm³/mol. The van der Waals surface area contributed by atoms with Gasteiger partial charge in [0.2, 0.25) is 0 Å². The van der Waals surface area contributed by atoms with E-state index in [-0.39, 0.29) is 17.6 Å². The summed E-state index contributed by atoms with van der Waals surface area (Å²) in [5.41, 5.74) is 0.708. The normalized spacial score (nSPS) is 18.9. The van der Waals surface area contributed by atoms with Crippen molar-refractivity contribution in [2.24, 2.45) is 0 Å². The molecular weight excluding hydrogens is 258 g/mol. The van der Waals surface area contributed by atoms with E-state index in [0.717, 1.165) is 19.4 Å². The number of piperidine rings is 1. The molecule has 0 unspecified atom stereocenters. The van der Waals surface area contributed by atoms with Crippen molar-refractivity contribution >= 4 is 11.9 Å². The average molecular weight is 277 g/mol. The number of carboxylic acid groups (broad SMARTS) is 1. The number of aromatic carboxylic acids is 1. The van der Waals surface area contributed by atoms with Crippen LogP contribution in [0, 0.1) is 0 Å². The van der Waals surface area contributed by atoms with E-state index in [1.807, 2.05) is 6.92 Å². The highest BCUT2D eigenvalue weighted by Crippen LogP contribution is 2.16. The zero-order valence-electron chi connectivity index (χ0n) is 11.5. The third kappa shape index (κ3) is 3.36. The van der Waals surface area contributed by atoms with Gasteiger partial charge in [-0.1, -0.05) is 0 Å². The van der Waals surface area contributed by atoms with Crippen LogP contribution in [-0.2, 0) is 4.74 Å². The Kier molecular flexibility index (Phi) is 4.74. The second kappa shape index (κ2) is 6.52. The first-order valence-corrected chi connectivity index (χ1v) is 6.86. The number of carbonyl (C=O) groups is 2. The summed E-state index contributed by atoms with van der Waals surface area (Å²) in [7, 11) is 0. The summed E-state index contributed by atoms with van der Waals surface area (Å²) in [6.45, 7) is 3.93. The molecule has 20 heavy (non-hydrogen) atoms. The van der Waals surface area contributed by atoms with Crippen LogP contribution < -0.4 is 0 Å². The van der Waals surface area contributed by atoms with Crippen molar-refractivity contribution in [3.8, 4) is 0 Å². The van der Waals surface area contributed by atoms with Gasteiger partial charge >= 0.3 is 5.97 Å². The molecule has 1 heterocycles. The molecule has 0 aromatic heterocycles. The Morgan fingerprint density at radius 3 is 2.55 bits per heavy atom. The molecule has 1 aromatic rings. The number of nitrogens with zero attached hydrogens (tertiary/aromatic N) is 1. The number of benzene rings is 1. The van der Waals surface area contributed by atoms with E-state index in [9.17, 15) is 9.59 Å². The van der Waals surface area contributed by atoms with E-state index < -0.39 is 5.97 Å². The van der Waals surface area contributed by atoms with E-state index in [0.29, 0.717) is 18.7 Å². The molecule has 1 aliphatic rings. The van der Waals surface area contributed by atoms with Crippen LogP contribution in [0.3, 0.4) is 0 Å². The molecule has 5 nitrogen and oxygen atoms in total. The average Bonchev–Trinajstić information content (AvgIpc) is 2.47. The van der Waals surface area contributed by atoms with Gasteiger partial charge in [-0.2, -0.15) is 0 Å². The second-order valence-corrected chi connectivity index (χ2v) is 4.85. The van der Waals surface area contributed by atoms with Gasteiger partial charge in [0.15, 0.2) is 0 Å². The van der Waals surface area contributed by atoms with Gasteiger partial charge in [0.1, 0.15) is 0 Å². The molecule has 2 rings (SSSR count). The van der Waals surface area contributed by atoms with Crippen LogP contribution in [0.5, 0.6) is 0 Å². The lowest BCUT2D eigenvalue weighted by Crippen LogP contribution is -2.43. The highest BCUT2D eigenvalue weighted by molar-refractivity contribution is 5.96. The number of hydrogen-bond donors (Lipinski definition) is 1. The molecule has 0 aliphatic carbocycles. The molecule has 0 radical (unpaired) electrons. The molecule has 1 aromatic carbocycles. The number of carboxylic acids is 1. The SMILES string of the molecule is CCO[C@@H]1CCCN(C(=O)c2ccc(C(=O)O)cc2)C1. The molecule has 1 saturated heterocycles. The largest absolute Gasteiger partial charge is 0.478 e. The molecule has 1 fully saturated rings. The van der Waals surface area contributed by atoms with Crippen molar-refractivity contribution in [3.05, 3.63) is 35.4 Å². The summed E-state index contributed by atoms with van der Waals surface area (Å²) in [4.78, 5) is 24.9.